The molecule has 1 aromatic rings. The Balaban J connectivity index is 2.56. The van der Waals surface area contributed by atoms with Gasteiger partial charge in [0, 0.05) is 6.04 Å². The van der Waals surface area contributed by atoms with Crippen molar-refractivity contribution in [1.82, 2.24) is 0 Å². The first kappa shape index (κ1) is 9.98. The fourth-order valence-electron chi connectivity index (χ4n) is 2.10. The molecule has 1 aromatic carbocycles. The number of carboxylic acid groups (broad SMARTS) is 1. The number of carbonyl (C=O) groups is 1. The minimum atomic E-state index is -0.963. The molecule has 0 bridgehead atoms. The van der Waals surface area contributed by atoms with E-state index in [1.54, 1.807) is 6.07 Å². The fourth-order valence-corrected chi connectivity index (χ4v) is 2.10. The molecule has 4 heteroatoms. The van der Waals surface area contributed by atoms with Crippen LogP contribution in [0.15, 0.2) is 12.1 Å². The minimum Gasteiger partial charge on any atom is -0.496 e. The van der Waals surface area contributed by atoms with Gasteiger partial charge in [-0.1, -0.05) is 6.07 Å². The number of carboxylic acids is 1. The number of ether oxygens (including phenoxy) is 1. The third kappa shape index (κ3) is 1.57. The summed E-state index contributed by atoms with van der Waals surface area (Å²) < 4.78 is 5.16. The molecule has 1 aliphatic rings. The molecule has 0 saturated carbocycles. The first-order chi connectivity index (χ1) is 7.13. The fraction of sp³-hybridized carbons (Fsp3) is 0.364. The number of aromatic carboxylic acids is 1. The molecule has 80 valence electrons. The van der Waals surface area contributed by atoms with Crippen LogP contribution < -0.4 is 10.5 Å². The first-order valence-corrected chi connectivity index (χ1v) is 4.81. The Morgan fingerprint density at radius 3 is 2.87 bits per heavy atom. The van der Waals surface area contributed by atoms with Crippen LogP contribution in [0.2, 0.25) is 0 Å². The number of hydrogen-bond acceptors (Lipinski definition) is 3. The highest BCUT2D eigenvalue weighted by Crippen LogP contribution is 2.33. The molecule has 0 spiro atoms. The van der Waals surface area contributed by atoms with Crippen molar-refractivity contribution < 1.29 is 14.6 Å². The highest BCUT2D eigenvalue weighted by molar-refractivity contribution is 5.91. The van der Waals surface area contributed by atoms with Crippen LogP contribution in [0.1, 0.15) is 21.5 Å². The lowest BCUT2D eigenvalue weighted by molar-refractivity contribution is 0.0693. The van der Waals surface area contributed by atoms with Gasteiger partial charge in [0.15, 0.2) is 0 Å². The van der Waals surface area contributed by atoms with Gasteiger partial charge in [-0.05, 0) is 30.0 Å². The van der Waals surface area contributed by atoms with E-state index in [9.17, 15) is 4.79 Å². The van der Waals surface area contributed by atoms with Gasteiger partial charge in [-0.3, -0.25) is 0 Å². The van der Waals surface area contributed by atoms with E-state index in [-0.39, 0.29) is 11.6 Å². The zero-order valence-corrected chi connectivity index (χ0v) is 8.49. The smallest absolute Gasteiger partial charge is 0.339 e. The average Bonchev–Trinajstić information content (AvgIpc) is 2.55. The maximum Gasteiger partial charge on any atom is 0.339 e. The Bertz CT molecular complexity index is 415. The molecule has 0 saturated heterocycles. The summed E-state index contributed by atoms with van der Waals surface area (Å²) in [4.78, 5) is 11.0. The second-order valence-electron chi connectivity index (χ2n) is 3.76. The predicted molar refractivity (Wildman–Crippen MR) is 55.3 cm³/mol. The molecule has 15 heavy (non-hydrogen) atoms. The topological polar surface area (TPSA) is 72.5 Å². The Kier molecular flexibility index (Phi) is 2.36. The third-order valence-electron chi connectivity index (χ3n) is 2.74. The van der Waals surface area contributed by atoms with Gasteiger partial charge in [0.2, 0.25) is 0 Å². The quantitative estimate of drug-likeness (QED) is 0.753. The Hall–Kier alpha value is -1.55. The predicted octanol–water partition coefficient (Wildman–Crippen LogP) is 0.819. The van der Waals surface area contributed by atoms with Gasteiger partial charge in [-0.25, -0.2) is 4.79 Å². The van der Waals surface area contributed by atoms with Crippen molar-refractivity contribution in [3.8, 4) is 5.75 Å². The molecular weight excluding hydrogens is 194 g/mol. The van der Waals surface area contributed by atoms with E-state index >= 15 is 0 Å². The third-order valence-corrected chi connectivity index (χ3v) is 2.74. The maximum atomic E-state index is 11.0. The molecule has 2 rings (SSSR count). The number of nitrogens with two attached hydrogens (primary N) is 1. The van der Waals surface area contributed by atoms with Gasteiger partial charge in [0.1, 0.15) is 11.3 Å². The van der Waals surface area contributed by atoms with E-state index in [2.05, 4.69) is 0 Å². The Morgan fingerprint density at radius 1 is 1.53 bits per heavy atom. The summed E-state index contributed by atoms with van der Waals surface area (Å²) in [5, 5.41) is 8.98. The van der Waals surface area contributed by atoms with E-state index < -0.39 is 5.97 Å². The number of benzene rings is 1. The molecular formula is C11H13NO3. The molecule has 0 aromatic heterocycles. The summed E-state index contributed by atoms with van der Waals surface area (Å²) in [7, 11) is 1.49. The molecule has 1 atom stereocenters. The Morgan fingerprint density at radius 2 is 2.27 bits per heavy atom. The number of methoxy groups -OCH3 is 1. The van der Waals surface area contributed by atoms with Crippen LogP contribution in [-0.4, -0.2) is 24.2 Å². The standard InChI is InChI=1S/C11H13NO3/c1-15-10-8(11(13)14)3-2-6-4-7(12)5-9(6)10/h2-3,7H,4-5,12H2,1H3,(H,13,14). The van der Waals surface area contributed by atoms with E-state index in [4.69, 9.17) is 15.6 Å². The lowest BCUT2D eigenvalue weighted by Crippen LogP contribution is -2.19. The van der Waals surface area contributed by atoms with Gasteiger partial charge in [-0.15, -0.1) is 0 Å². The largest absolute Gasteiger partial charge is 0.496 e. The van der Waals surface area contributed by atoms with E-state index in [1.165, 1.54) is 7.11 Å². The van der Waals surface area contributed by atoms with Crippen LogP contribution in [0.25, 0.3) is 0 Å². The van der Waals surface area contributed by atoms with Crippen LogP contribution in [-0.2, 0) is 12.8 Å². The van der Waals surface area contributed by atoms with Gasteiger partial charge in [-0.2, -0.15) is 0 Å². The molecule has 1 aliphatic carbocycles. The minimum absolute atomic E-state index is 0.0814. The second-order valence-corrected chi connectivity index (χ2v) is 3.76. The van der Waals surface area contributed by atoms with Gasteiger partial charge in [0.25, 0.3) is 0 Å². The normalized spacial score (nSPS) is 18.7. The van der Waals surface area contributed by atoms with Crippen molar-refractivity contribution in [2.45, 2.75) is 18.9 Å². The van der Waals surface area contributed by atoms with Crippen molar-refractivity contribution >= 4 is 5.97 Å². The van der Waals surface area contributed by atoms with Crippen LogP contribution in [0.4, 0.5) is 0 Å². The van der Waals surface area contributed by atoms with Crippen molar-refractivity contribution in [2.75, 3.05) is 7.11 Å². The van der Waals surface area contributed by atoms with Gasteiger partial charge >= 0.3 is 5.97 Å². The number of hydrogen-bond donors (Lipinski definition) is 2. The summed E-state index contributed by atoms with van der Waals surface area (Å²) in [6.45, 7) is 0. The van der Waals surface area contributed by atoms with Gasteiger partial charge < -0.3 is 15.6 Å². The van der Waals surface area contributed by atoms with E-state index in [0.717, 1.165) is 17.5 Å². The van der Waals surface area contributed by atoms with E-state index in [1.807, 2.05) is 6.07 Å². The molecule has 0 amide bonds. The molecule has 1 unspecified atom stereocenters. The average molecular weight is 207 g/mol. The van der Waals surface area contributed by atoms with Crippen molar-refractivity contribution in [2.24, 2.45) is 5.73 Å². The zero-order chi connectivity index (χ0) is 11.0. The van der Waals surface area contributed by atoms with Crippen LogP contribution in [0.3, 0.4) is 0 Å². The molecule has 0 aliphatic heterocycles. The van der Waals surface area contributed by atoms with Gasteiger partial charge in [0.05, 0.1) is 7.11 Å². The number of fused-ring (bicyclic) bond motifs is 1. The molecule has 4 nitrogen and oxygen atoms in total. The first-order valence-electron chi connectivity index (χ1n) is 4.81. The van der Waals surface area contributed by atoms with Crippen molar-refractivity contribution in [3.63, 3.8) is 0 Å². The second kappa shape index (κ2) is 3.55. The summed E-state index contributed by atoms with van der Waals surface area (Å²) in [5.41, 5.74) is 8.10. The van der Waals surface area contributed by atoms with Crippen LogP contribution in [0, 0.1) is 0 Å². The lowest BCUT2D eigenvalue weighted by Gasteiger charge is -2.10. The molecule has 0 heterocycles. The van der Waals surface area contributed by atoms with Crippen molar-refractivity contribution in [3.05, 3.63) is 28.8 Å². The molecule has 3 N–H and O–H groups in total. The summed E-state index contributed by atoms with van der Waals surface area (Å²) in [5.74, 6) is -0.497. The van der Waals surface area contributed by atoms with Crippen LogP contribution in [0.5, 0.6) is 5.75 Å². The highest BCUT2D eigenvalue weighted by Gasteiger charge is 2.25. The number of rotatable bonds is 2. The Labute approximate surface area is 87.7 Å². The lowest BCUT2D eigenvalue weighted by atomic mass is 10.0. The molecule has 0 fully saturated rings. The zero-order valence-electron chi connectivity index (χ0n) is 8.49. The van der Waals surface area contributed by atoms with Crippen molar-refractivity contribution in [1.29, 1.82) is 0 Å². The van der Waals surface area contributed by atoms with E-state index in [0.29, 0.717) is 12.2 Å². The highest BCUT2D eigenvalue weighted by atomic mass is 16.5. The molecule has 0 radical (unpaired) electrons. The summed E-state index contributed by atoms with van der Waals surface area (Å²) in [6, 6.07) is 3.49. The maximum absolute atomic E-state index is 11.0. The monoisotopic (exact) mass is 207 g/mol. The summed E-state index contributed by atoms with van der Waals surface area (Å²) in [6.07, 6.45) is 1.49. The van der Waals surface area contributed by atoms with Crippen LogP contribution >= 0.6 is 0 Å². The SMILES string of the molecule is COc1c(C(=O)O)ccc2c1CC(N)C2. The summed E-state index contributed by atoms with van der Waals surface area (Å²) >= 11 is 0.